The number of benzene rings is 2. The van der Waals surface area contributed by atoms with Gasteiger partial charge in [-0.05, 0) is 42.3 Å². The third kappa shape index (κ3) is 3.24. The van der Waals surface area contributed by atoms with Crippen molar-refractivity contribution in [3.8, 4) is 0 Å². The second-order valence-corrected chi connectivity index (χ2v) is 6.79. The Labute approximate surface area is 158 Å². The summed E-state index contributed by atoms with van der Waals surface area (Å²) in [6, 6.07) is 8.78. The zero-order valence-corrected chi connectivity index (χ0v) is 15.1. The lowest BCUT2D eigenvalue weighted by atomic mass is 9.91. The van der Waals surface area contributed by atoms with Gasteiger partial charge in [-0.2, -0.15) is 13.2 Å². The molecule has 0 saturated carbocycles. The van der Waals surface area contributed by atoms with E-state index < -0.39 is 11.8 Å². The van der Waals surface area contributed by atoms with Gasteiger partial charge in [-0.25, -0.2) is 0 Å². The van der Waals surface area contributed by atoms with E-state index in [1.165, 1.54) is 18.2 Å². The number of rotatable bonds is 3. The molecule has 138 valence electrons. The molecule has 1 atom stereocenters. The number of aryl methyl sites for hydroxylation is 1. The lowest BCUT2D eigenvalue weighted by Gasteiger charge is -2.28. The van der Waals surface area contributed by atoms with Crippen LogP contribution in [-0.4, -0.2) is 6.18 Å². The van der Waals surface area contributed by atoms with Crippen LogP contribution in [-0.2, 0) is 16.9 Å². The van der Waals surface area contributed by atoms with Gasteiger partial charge in [0.1, 0.15) is 0 Å². The Morgan fingerprint density at radius 2 is 1.77 bits per heavy atom. The standard InChI is InChI=1S/C18H15Cl2F3N2O/c1-2-10-3-4-11(5-15(10)24)16-9-17(26-25-16,18(21,22)23)12-6-13(19)8-14(20)7-12/h3-9,25H,2,24H2,1H3. The summed E-state index contributed by atoms with van der Waals surface area (Å²) in [6.45, 7) is 1.94. The fourth-order valence-corrected chi connectivity index (χ4v) is 3.36. The van der Waals surface area contributed by atoms with E-state index in [2.05, 4.69) is 5.48 Å². The van der Waals surface area contributed by atoms with Crippen molar-refractivity contribution in [2.24, 2.45) is 0 Å². The minimum atomic E-state index is -4.75. The van der Waals surface area contributed by atoms with Crippen LogP contribution in [0.15, 0.2) is 42.5 Å². The van der Waals surface area contributed by atoms with Gasteiger partial charge in [0.2, 0.25) is 5.60 Å². The monoisotopic (exact) mass is 402 g/mol. The van der Waals surface area contributed by atoms with Gasteiger partial charge in [-0.15, -0.1) is 0 Å². The third-order valence-corrected chi connectivity index (χ3v) is 4.66. The summed E-state index contributed by atoms with van der Waals surface area (Å²) in [4.78, 5) is 5.04. The van der Waals surface area contributed by atoms with Gasteiger partial charge in [0.05, 0.1) is 5.70 Å². The van der Waals surface area contributed by atoms with E-state index >= 15 is 0 Å². The average Bonchev–Trinajstić information content (AvgIpc) is 3.00. The molecule has 2 aromatic rings. The van der Waals surface area contributed by atoms with Crippen LogP contribution in [0.3, 0.4) is 0 Å². The molecule has 3 N–H and O–H groups in total. The first-order chi connectivity index (χ1) is 12.2. The fraction of sp³-hybridized carbons (Fsp3) is 0.222. The molecule has 3 rings (SSSR count). The van der Waals surface area contributed by atoms with E-state index in [-0.39, 0.29) is 21.3 Å². The highest BCUT2D eigenvalue weighted by Gasteiger charge is 2.59. The van der Waals surface area contributed by atoms with Crippen molar-refractivity contribution in [1.29, 1.82) is 0 Å². The van der Waals surface area contributed by atoms with Gasteiger partial charge in [-0.3, -0.25) is 10.3 Å². The maximum absolute atomic E-state index is 13.9. The number of nitrogen functional groups attached to an aromatic ring is 1. The number of halogens is 5. The Morgan fingerprint density at radius 3 is 2.31 bits per heavy atom. The van der Waals surface area contributed by atoms with Crippen molar-refractivity contribution in [2.45, 2.75) is 25.1 Å². The van der Waals surface area contributed by atoms with Crippen LogP contribution in [0, 0.1) is 0 Å². The summed E-state index contributed by atoms with van der Waals surface area (Å²) in [6.07, 6.45) is -3.05. The smallest absolute Gasteiger partial charge is 0.398 e. The summed E-state index contributed by atoms with van der Waals surface area (Å²) >= 11 is 11.8. The Hall–Kier alpha value is -1.89. The molecular weight excluding hydrogens is 388 g/mol. The van der Waals surface area contributed by atoms with Gasteiger partial charge in [0.25, 0.3) is 0 Å². The summed E-state index contributed by atoms with van der Waals surface area (Å²) in [5, 5.41) is 0.163. The number of alkyl halides is 3. The van der Waals surface area contributed by atoms with Gasteiger partial charge in [0, 0.05) is 26.9 Å². The molecule has 0 aliphatic carbocycles. The van der Waals surface area contributed by atoms with E-state index in [0.29, 0.717) is 11.3 Å². The Morgan fingerprint density at radius 1 is 1.12 bits per heavy atom. The van der Waals surface area contributed by atoms with Crippen molar-refractivity contribution in [3.63, 3.8) is 0 Å². The predicted molar refractivity (Wildman–Crippen MR) is 96.6 cm³/mol. The Balaban J connectivity index is 2.12. The van der Waals surface area contributed by atoms with E-state index in [9.17, 15) is 13.2 Å². The number of hydrogen-bond donors (Lipinski definition) is 2. The van der Waals surface area contributed by atoms with Gasteiger partial charge in [-0.1, -0.05) is 42.3 Å². The van der Waals surface area contributed by atoms with Crippen molar-refractivity contribution in [3.05, 3.63) is 69.2 Å². The topological polar surface area (TPSA) is 47.3 Å². The van der Waals surface area contributed by atoms with Crippen LogP contribution in [0.2, 0.25) is 10.0 Å². The molecule has 0 bridgehead atoms. The quantitative estimate of drug-likeness (QED) is 0.668. The molecule has 0 fully saturated rings. The second kappa shape index (κ2) is 6.68. The third-order valence-electron chi connectivity index (χ3n) is 4.22. The molecule has 1 aliphatic heterocycles. The second-order valence-electron chi connectivity index (χ2n) is 5.92. The molecule has 1 unspecified atom stereocenters. The van der Waals surface area contributed by atoms with Crippen LogP contribution in [0.4, 0.5) is 18.9 Å². The Bertz CT molecular complexity index is 863. The number of hydroxylamine groups is 1. The van der Waals surface area contributed by atoms with Crippen LogP contribution >= 0.6 is 23.2 Å². The zero-order valence-electron chi connectivity index (χ0n) is 13.6. The van der Waals surface area contributed by atoms with Gasteiger partial charge in [0.15, 0.2) is 0 Å². The molecule has 0 saturated heterocycles. The highest BCUT2D eigenvalue weighted by atomic mass is 35.5. The van der Waals surface area contributed by atoms with Crippen LogP contribution in [0.1, 0.15) is 23.6 Å². The number of nitrogens with two attached hydrogens (primary N) is 1. The molecule has 1 aliphatic rings. The van der Waals surface area contributed by atoms with E-state index in [1.54, 1.807) is 18.2 Å². The highest BCUT2D eigenvalue weighted by molar-refractivity contribution is 6.34. The minimum Gasteiger partial charge on any atom is -0.398 e. The molecule has 26 heavy (non-hydrogen) atoms. The van der Waals surface area contributed by atoms with Crippen LogP contribution in [0.25, 0.3) is 5.70 Å². The number of hydrogen-bond acceptors (Lipinski definition) is 3. The average molecular weight is 403 g/mol. The number of nitrogens with one attached hydrogen (secondary N) is 1. The summed E-state index contributed by atoms with van der Waals surface area (Å²) in [5.41, 5.74) is 7.45. The summed E-state index contributed by atoms with van der Waals surface area (Å²) in [5.74, 6) is 0. The molecule has 3 nitrogen and oxygen atoms in total. The number of anilines is 1. The first-order valence-electron chi connectivity index (χ1n) is 7.75. The molecule has 8 heteroatoms. The van der Waals surface area contributed by atoms with Gasteiger partial charge < -0.3 is 5.73 Å². The van der Waals surface area contributed by atoms with Crippen molar-refractivity contribution in [2.75, 3.05) is 5.73 Å². The van der Waals surface area contributed by atoms with E-state index in [4.69, 9.17) is 33.8 Å². The molecule has 0 aromatic heterocycles. The highest BCUT2D eigenvalue weighted by Crippen LogP contribution is 2.48. The maximum Gasteiger partial charge on any atom is 0.428 e. The Kier molecular flexibility index (Phi) is 4.86. The van der Waals surface area contributed by atoms with Gasteiger partial charge >= 0.3 is 6.18 Å². The lowest BCUT2D eigenvalue weighted by Crippen LogP contribution is -2.42. The molecular formula is C18H15Cl2F3N2O. The fourth-order valence-electron chi connectivity index (χ4n) is 2.84. The van der Waals surface area contributed by atoms with Crippen molar-refractivity contribution < 1.29 is 18.0 Å². The normalized spacial score (nSPS) is 20.0. The molecule has 0 amide bonds. The molecule has 0 radical (unpaired) electrons. The maximum atomic E-state index is 13.9. The predicted octanol–water partition coefficient (Wildman–Crippen LogP) is 5.47. The molecule has 0 spiro atoms. The van der Waals surface area contributed by atoms with Crippen LogP contribution in [0.5, 0.6) is 0 Å². The molecule has 1 heterocycles. The van der Waals surface area contributed by atoms with E-state index in [0.717, 1.165) is 18.1 Å². The zero-order chi connectivity index (χ0) is 19.1. The first kappa shape index (κ1) is 18.9. The largest absolute Gasteiger partial charge is 0.428 e. The SMILES string of the molecule is CCc1ccc(C2=CC(c3cc(Cl)cc(Cl)c3)(C(F)(F)F)ON2)cc1N. The van der Waals surface area contributed by atoms with Crippen molar-refractivity contribution >= 4 is 34.6 Å². The summed E-state index contributed by atoms with van der Waals surface area (Å²) in [7, 11) is 0. The summed E-state index contributed by atoms with van der Waals surface area (Å²) < 4.78 is 41.8. The van der Waals surface area contributed by atoms with E-state index in [1.807, 2.05) is 6.92 Å². The van der Waals surface area contributed by atoms with Crippen molar-refractivity contribution in [1.82, 2.24) is 5.48 Å². The lowest BCUT2D eigenvalue weighted by molar-refractivity contribution is -0.269. The minimum absolute atomic E-state index is 0.0816. The van der Waals surface area contributed by atoms with Crippen LogP contribution < -0.4 is 11.2 Å². The molecule has 2 aromatic carbocycles. The first-order valence-corrected chi connectivity index (χ1v) is 8.51.